The number of halogens is 2. The van der Waals surface area contributed by atoms with Gasteiger partial charge in [0.2, 0.25) is 11.7 Å². The molecule has 0 unspecified atom stereocenters. The number of hydrogen-bond donors (Lipinski definition) is 1. The van der Waals surface area contributed by atoms with Gasteiger partial charge in [0.25, 0.3) is 5.91 Å². The molecule has 0 fully saturated rings. The lowest BCUT2D eigenvalue weighted by molar-refractivity contribution is -0.387. The third-order valence-electron chi connectivity index (χ3n) is 1.77. The Morgan fingerprint density at radius 3 is 2.35 bits per heavy atom. The highest BCUT2D eigenvalue weighted by atomic mass is 19.1. The fourth-order valence-corrected chi connectivity index (χ4v) is 1.08. The Kier molecular flexibility index (Phi) is 3.46. The van der Waals surface area contributed by atoms with Crippen molar-refractivity contribution in [1.29, 1.82) is 0 Å². The molecule has 0 radical (unpaired) electrons. The van der Waals surface area contributed by atoms with Crippen LogP contribution < -0.4 is 5.32 Å². The quantitative estimate of drug-likeness (QED) is 0.624. The van der Waals surface area contributed by atoms with Crippen LogP contribution in [0.4, 0.5) is 14.5 Å². The fraction of sp³-hybridized carbons (Fsp3) is 0.111. The zero-order valence-corrected chi connectivity index (χ0v) is 8.49. The summed E-state index contributed by atoms with van der Waals surface area (Å²) < 4.78 is 26.4. The topological polar surface area (TPSA) is 89.3 Å². The van der Waals surface area contributed by atoms with E-state index in [0.29, 0.717) is 6.07 Å². The Balaban J connectivity index is 3.20. The first-order chi connectivity index (χ1) is 7.82. The van der Waals surface area contributed by atoms with Crippen LogP contribution in [0.2, 0.25) is 0 Å². The van der Waals surface area contributed by atoms with Crippen molar-refractivity contribution in [2.45, 2.75) is 6.92 Å². The maximum Gasteiger partial charge on any atom is 0.307 e. The molecule has 0 aliphatic carbocycles. The number of nitro benzene ring substituents is 1. The van der Waals surface area contributed by atoms with Gasteiger partial charge in [-0.1, -0.05) is 0 Å². The molecule has 0 aliphatic rings. The predicted molar refractivity (Wildman–Crippen MR) is 51.2 cm³/mol. The van der Waals surface area contributed by atoms with E-state index >= 15 is 0 Å². The SMILES string of the molecule is CC(=O)NC(=O)c1cc(F)c([N+](=O)[O-])cc1F. The molecular weight excluding hydrogens is 238 g/mol. The first kappa shape index (κ1) is 12.7. The maximum atomic E-state index is 13.2. The summed E-state index contributed by atoms with van der Waals surface area (Å²) in [4.78, 5) is 30.9. The van der Waals surface area contributed by atoms with Crippen LogP contribution in [0.15, 0.2) is 12.1 Å². The Morgan fingerprint density at radius 2 is 1.88 bits per heavy atom. The third kappa shape index (κ3) is 2.80. The molecule has 1 rings (SSSR count). The molecule has 0 saturated carbocycles. The summed E-state index contributed by atoms with van der Waals surface area (Å²) in [6.07, 6.45) is 0. The van der Waals surface area contributed by atoms with Gasteiger partial charge in [-0.25, -0.2) is 4.39 Å². The second-order valence-electron chi connectivity index (χ2n) is 3.05. The largest absolute Gasteiger partial charge is 0.307 e. The van der Waals surface area contributed by atoms with E-state index in [1.807, 2.05) is 0 Å². The van der Waals surface area contributed by atoms with Crippen molar-refractivity contribution < 1.29 is 23.3 Å². The number of nitrogens with one attached hydrogen (secondary N) is 1. The van der Waals surface area contributed by atoms with E-state index in [1.165, 1.54) is 0 Å². The minimum absolute atomic E-state index is 0.282. The minimum atomic E-state index is -1.36. The lowest BCUT2D eigenvalue weighted by atomic mass is 10.1. The summed E-state index contributed by atoms with van der Waals surface area (Å²) in [5.74, 6) is -4.56. The highest BCUT2D eigenvalue weighted by Gasteiger charge is 2.22. The zero-order chi connectivity index (χ0) is 13.2. The van der Waals surface area contributed by atoms with Crippen LogP contribution in [0, 0.1) is 21.7 Å². The molecular formula is C9H6F2N2O4. The van der Waals surface area contributed by atoms with Gasteiger partial charge in [-0.05, 0) is 6.07 Å². The highest BCUT2D eigenvalue weighted by molar-refractivity contribution is 6.04. The zero-order valence-electron chi connectivity index (χ0n) is 8.49. The molecule has 90 valence electrons. The molecule has 17 heavy (non-hydrogen) atoms. The van der Waals surface area contributed by atoms with Crippen LogP contribution in [0.3, 0.4) is 0 Å². The van der Waals surface area contributed by atoms with Crippen LogP contribution in [0.1, 0.15) is 17.3 Å². The summed E-state index contributed by atoms with van der Waals surface area (Å²) >= 11 is 0. The fourth-order valence-electron chi connectivity index (χ4n) is 1.08. The number of imide groups is 1. The smallest absolute Gasteiger partial charge is 0.292 e. The van der Waals surface area contributed by atoms with Gasteiger partial charge < -0.3 is 0 Å². The summed E-state index contributed by atoms with van der Waals surface area (Å²) in [5.41, 5.74) is -1.86. The number of hydrogen-bond acceptors (Lipinski definition) is 4. The monoisotopic (exact) mass is 244 g/mol. The molecule has 6 nitrogen and oxygen atoms in total. The first-order valence-corrected chi connectivity index (χ1v) is 4.28. The van der Waals surface area contributed by atoms with Crippen molar-refractivity contribution in [2.75, 3.05) is 0 Å². The van der Waals surface area contributed by atoms with E-state index < -0.39 is 39.6 Å². The number of benzene rings is 1. The number of nitro groups is 1. The predicted octanol–water partition coefficient (Wildman–Crippen LogP) is 1.15. The number of nitrogens with zero attached hydrogens (tertiary/aromatic N) is 1. The van der Waals surface area contributed by atoms with E-state index in [2.05, 4.69) is 0 Å². The Hall–Kier alpha value is -2.38. The minimum Gasteiger partial charge on any atom is -0.292 e. The van der Waals surface area contributed by atoms with Crippen LogP contribution in [0.5, 0.6) is 0 Å². The molecule has 2 amide bonds. The molecule has 1 aromatic carbocycles. The van der Waals surface area contributed by atoms with Gasteiger partial charge in [-0.3, -0.25) is 25.0 Å². The second kappa shape index (κ2) is 4.64. The number of carbonyl (C=O) groups is 2. The van der Waals surface area contributed by atoms with E-state index in [0.717, 1.165) is 6.92 Å². The van der Waals surface area contributed by atoms with Gasteiger partial charge >= 0.3 is 5.69 Å². The summed E-state index contributed by atoms with van der Waals surface area (Å²) in [6, 6.07) is 0.649. The Morgan fingerprint density at radius 1 is 1.29 bits per heavy atom. The van der Waals surface area contributed by atoms with Gasteiger partial charge in [-0.15, -0.1) is 0 Å². The van der Waals surface area contributed by atoms with E-state index in [-0.39, 0.29) is 6.07 Å². The van der Waals surface area contributed by atoms with Gasteiger partial charge in [0.05, 0.1) is 16.6 Å². The van der Waals surface area contributed by atoms with Gasteiger partial charge in [0.15, 0.2) is 0 Å². The molecule has 1 aromatic rings. The van der Waals surface area contributed by atoms with Crippen molar-refractivity contribution in [3.05, 3.63) is 39.4 Å². The van der Waals surface area contributed by atoms with Crippen molar-refractivity contribution >= 4 is 17.5 Å². The van der Waals surface area contributed by atoms with Crippen molar-refractivity contribution in [2.24, 2.45) is 0 Å². The summed E-state index contributed by atoms with van der Waals surface area (Å²) in [7, 11) is 0. The Labute approximate surface area is 93.4 Å². The summed E-state index contributed by atoms with van der Waals surface area (Å²) in [6.45, 7) is 1.01. The van der Waals surface area contributed by atoms with Crippen LogP contribution >= 0.6 is 0 Å². The van der Waals surface area contributed by atoms with E-state index in [9.17, 15) is 28.5 Å². The van der Waals surface area contributed by atoms with E-state index in [4.69, 9.17) is 0 Å². The van der Waals surface area contributed by atoms with Gasteiger partial charge in [-0.2, -0.15) is 4.39 Å². The van der Waals surface area contributed by atoms with Crippen molar-refractivity contribution in [3.63, 3.8) is 0 Å². The normalized spacial score (nSPS) is 9.82. The van der Waals surface area contributed by atoms with E-state index in [1.54, 1.807) is 5.32 Å². The van der Waals surface area contributed by atoms with Crippen LogP contribution in [0.25, 0.3) is 0 Å². The molecule has 0 bridgehead atoms. The molecule has 0 heterocycles. The van der Waals surface area contributed by atoms with Crippen LogP contribution in [-0.2, 0) is 4.79 Å². The maximum absolute atomic E-state index is 13.2. The van der Waals surface area contributed by atoms with Crippen molar-refractivity contribution in [1.82, 2.24) is 5.32 Å². The molecule has 0 aliphatic heterocycles. The standard InChI is InChI=1S/C9H6F2N2O4/c1-4(14)12-9(15)5-2-7(11)8(13(16)17)3-6(5)10/h2-3H,1H3,(H,12,14,15). The molecule has 0 spiro atoms. The average Bonchev–Trinajstić information content (AvgIpc) is 2.19. The first-order valence-electron chi connectivity index (χ1n) is 4.28. The molecule has 0 aromatic heterocycles. The Bertz CT molecular complexity index is 516. The third-order valence-corrected chi connectivity index (χ3v) is 1.77. The molecule has 0 atom stereocenters. The second-order valence-corrected chi connectivity index (χ2v) is 3.05. The molecule has 8 heteroatoms. The van der Waals surface area contributed by atoms with Gasteiger partial charge in [0, 0.05) is 6.92 Å². The average molecular weight is 244 g/mol. The number of carbonyl (C=O) groups excluding carboxylic acids is 2. The van der Waals surface area contributed by atoms with Gasteiger partial charge in [0.1, 0.15) is 5.82 Å². The highest BCUT2D eigenvalue weighted by Crippen LogP contribution is 2.21. The molecule has 1 N–H and O–H groups in total. The molecule has 0 saturated heterocycles. The number of rotatable bonds is 2. The number of amides is 2. The lowest BCUT2D eigenvalue weighted by Gasteiger charge is -2.03. The van der Waals surface area contributed by atoms with Crippen LogP contribution in [-0.4, -0.2) is 16.7 Å². The summed E-state index contributed by atoms with van der Waals surface area (Å²) in [5, 5.41) is 12.0. The lowest BCUT2D eigenvalue weighted by Crippen LogP contribution is -2.28. The van der Waals surface area contributed by atoms with Crippen molar-refractivity contribution in [3.8, 4) is 0 Å².